The summed E-state index contributed by atoms with van der Waals surface area (Å²) in [5, 5.41) is 0. The fourth-order valence-corrected chi connectivity index (χ4v) is 0.276. The SMILES string of the molecule is C#CCC(=O)NNC. The molecule has 0 bridgehead atoms. The molecule has 1 amide bonds. The van der Waals surface area contributed by atoms with E-state index in [1.807, 2.05) is 0 Å². The molecule has 0 rings (SSSR count). The van der Waals surface area contributed by atoms with Crippen molar-refractivity contribution < 1.29 is 4.79 Å². The first-order valence-corrected chi connectivity index (χ1v) is 2.20. The number of terminal acetylenes is 1. The smallest absolute Gasteiger partial charge is 0.246 e. The van der Waals surface area contributed by atoms with Crippen molar-refractivity contribution in [2.45, 2.75) is 6.42 Å². The molecule has 0 aromatic heterocycles. The highest BCUT2D eigenvalue weighted by molar-refractivity contribution is 5.77. The molecule has 0 unspecified atom stereocenters. The molecule has 0 aliphatic rings. The highest BCUT2D eigenvalue weighted by Gasteiger charge is 1.90. The average Bonchev–Trinajstić information content (AvgIpc) is 1.68. The molecule has 0 aliphatic carbocycles. The van der Waals surface area contributed by atoms with E-state index < -0.39 is 0 Å². The van der Waals surface area contributed by atoms with E-state index in [1.165, 1.54) is 0 Å². The Morgan fingerprint density at radius 1 is 1.88 bits per heavy atom. The van der Waals surface area contributed by atoms with Gasteiger partial charge in [-0.05, 0) is 0 Å². The van der Waals surface area contributed by atoms with Crippen molar-refractivity contribution in [1.82, 2.24) is 10.9 Å². The van der Waals surface area contributed by atoms with Crippen LogP contribution in [0.1, 0.15) is 6.42 Å². The van der Waals surface area contributed by atoms with E-state index in [2.05, 4.69) is 16.8 Å². The normalized spacial score (nSPS) is 7.50. The molecular formula is C5H8N2O. The Hall–Kier alpha value is -1.01. The van der Waals surface area contributed by atoms with Gasteiger partial charge in [-0.3, -0.25) is 10.2 Å². The fourth-order valence-electron chi connectivity index (χ4n) is 0.276. The lowest BCUT2D eigenvalue weighted by atomic mass is 10.4. The van der Waals surface area contributed by atoms with E-state index in [0.717, 1.165) is 0 Å². The van der Waals surface area contributed by atoms with Crippen LogP contribution in [0.4, 0.5) is 0 Å². The maximum absolute atomic E-state index is 10.3. The van der Waals surface area contributed by atoms with E-state index >= 15 is 0 Å². The van der Waals surface area contributed by atoms with E-state index in [1.54, 1.807) is 7.05 Å². The zero-order valence-electron chi connectivity index (χ0n) is 4.69. The first-order valence-electron chi connectivity index (χ1n) is 2.20. The predicted octanol–water partition coefficient (Wildman–Crippen LogP) is -0.740. The highest BCUT2D eigenvalue weighted by Crippen LogP contribution is 1.69. The second-order valence-corrected chi connectivity index (χ2v) is 1.18. The lowest BCUT2D eigenvalue weighted by Crippen LogP contribution is -2.33. The fraction of sp³-hybridized carbons (Fsp3) is 0.400. The van der Waals surface area contributed by atoms with Crippen LogP contribution in [0.25, 0.3) is 0 Å². The molecule has 0 heterocycles. The predicted molar refractivity (Wildman–Crippen MR) is 30.7 cm³/mol. The third-order valence-corrected chi connectivity index (χ3v) is 0.527. The van der Waals surface area contributed by atoms with Gasteiger partial charge >= 0.3 is 0 Å². The van der Waals surface area contributed by atoms with Crippen LogP contribution < -0.4 is 10.9 Å². The van der Waals surface area contributed by atoms with Crippen LogP contribution in [0.5, 0.6) is 0 Å². The van der Waals surface area contributed by atoms with Crippen molar-refractivity contribution in [3.05, 3.63) is 0 Å². The van der Waals surface area contributed by atoms with Gasteiger partial charge in [0.15, 0.2) is 0 Å². The van der Waals surface area contributed by atoms with Gasteiger partial charge < -0.3 is 0 Å². The van der Waals surface area contributed by atoms with Crippen molar-refractivity contribution in [3.8, 4) is 12.3 Å². The van der Waals surface area contributed by atoms with Crippen molar-refractivity contribution in [3.63, 3.8) is 0 Å². The minimum Gasteiger partial charge on any atom is -0.291 e. The van der Waals surface area contributed by atoms with E-state index in [-0.39, 0.29) is 12.3 Å². The number of carbonyl (C=O) groups is 1. The van der Waals surface area contributed by atoms with Gasteiger partial charge in [0, 0.05) is 7.05 Å². The van der Waals surface area contributed by atoms with Gasteiger partial charge in [-0.1, -0.05) is 5.92 Å². The van der Waals surface area contributed by atoms with Gasteiger partial charge in [0.05, 0.1) is 6.42 Å². The molecule has 8 heavy (non-hydrogen) atoms. The van der Waals surface area contributed by atoms with Crippen molar-refractivity contribution in [2.24, 2.45) is 0 Å². The van der Waals surface area contributed by atoms with Gasteiger partial charge in [0.1, 0.15) is 0 Å². The van der Waals surface area contributed by atoms with E-state index in [0.29, 0.717) is 0 Å². The summed E-state index contributed by atoms with van der Waals surface area (Å²) in [5.74, 6) is 2.02. The van der Waals surface area contributed by atoms with Gasteiger partial charge in [0.2, 0.25) is 5.91 Å². The summed E-state index contributed by atoms with van der Waals surface area (Å²) < 4.78 is 0. The van der Waals surface area contributed by atoms with Crippen molar-refractivity contribution in [2.75, 3.05) is 7.05 Å². The summed E-state index contributed by atoms with van der Waals surface area (Å²) in [7, 11) is 1.61. The molecule has 0 atom stereocenters. The number of carbonyl (C=O) groups excluding carboxylic acids is 1. The van der Waals surface area contributed by atoms with Crippen LogP contribution in [-0.2, 0) is 4.79 Å². The third-order valence-electron chi connectivity index (χ3n) is 0.527. The quantitative estimate of drug-likeness (QED) is 0.365. The molecule has 2 N–H and O–H groups in total. The zero-order chi connectivity index (χ0) is 6.41. The largest absolute Gasteiger partial charge is 0.291 e. The van der Waals surface area contributed by atoms with Crippen molar-refractivity contribution >= 4 is 5.91 Å². The Balaban J connectivity index is 3.23. The molecule has 0 saturated carbocycles. The lowest BCUT2D eigenvalue weighted by molar-refractivity contribution is -0.120. The zero-order valence-corrected chi connectivity index (χ0v) is 4.69. The monoisotopic (exact) mass is 112 g/mol. The summed E-state index contributed by atoms with van der Waals surface area (Å²) >= 11 is 0. The summed E-state index contributed by atoms with van der Waals surface area (Å²) in [5.41, 5.74) is 4.77. The van der Waals surface area contributed by atoms with Crippen molar-refractivity contribution in [1.29, 1.82) is 0 Å². The molecular weight excluding hydrogens is 104 g/mol. The Bertz CT molecular complexity index is 114. The summed E-state index contributed by atoms with van der Waals surface area (Å²) in [4.78, 5) is 10.3. The van der Waals surface area contributed by atoms with Gasteiger partial charge in [-0.2, -0.15) is 0 Å². The van der Waals surface area contributed by atoms with Crippen LogP contribution in [0.3, 0.4) is 0 Å². The second kappa shape index (κ2) is 4.16. The van der Waals surface area contributed by atoms with E-state index in [4.69, 9.17) is 6.42 Å². The van der Waals surface area contributed by atoms with Crippen LogP contribution in [0.15, 0.2) is 0 Å². The minimum absolute atomic E-state index is 0.126. The van der Waals surface area contributed by atoms with Crippen LogP contribution >= 0.6 is 0 Å². The standard InChI is InChI=1S/C5H8N2O/c1-3-4-5(8)7-6-2/h1,6H,4H2,2H3,(H,7,8). The lowest BCUT2D eigenvalue weighted by Gasteiger charge is -1.95. The summed E-state index contributed by atoms with van der Waals surface area (Å²) in [6.45, 7) is 0. The second-order valence-electron chi connectivity index (χ2n) is 1.18. The third kappa shape index (κ3) is 3.19. The minimum atomic E-state index is -0.185. The number of hydrogen-bond acceptors (Lipinski definition) is 2. The van der Waals surface area contributed by atoms with Crippen LogP contribution in [-0.4, -0.2) is 13.0 Å². The van der Waals surface area contributed by atoms with Gasteiger partial charge in [-0.25, -0.2) is 5.43 Å². The maximum Gasteiger partial charge on any atom is 0.246 e. The molecule has 0 aliphatic heterocycles. The number of nitrogens with one attached hydrogen (secondary N) is 2. The van der Waals surface area contributed by atoms with Gasteiger partial charge in [-0.15, -0.1) is 6.42 Å². The highest BCUT2D eigenvalue weighted by atomic mass is 16.2. The Labute approximate surface area is 48.4 Å². The molecule has 0 aromatic rings. The summed E-state index contributed by atoms with van der Waals surface area (Å²) in [6.07, 6.45) is 4.95. The molecule has 3 nitrogen and oxygen atoms in total. The number of amides is 1. The average molecular weight is 112 g/mol. The molecule has 0 radical (unpaired) electrons. The molecule has 0 saturated heterocycles. The van der Waals surface area contributed by atoms with Gasteiger partial charge in [0.25, 0.3) is 0 Å². The summed E-state index contributed by atoms with van der Waals surface area (Å²) in [6, 6.07) is 0. The maximum atomic E-state index is 10.3. The van der Waals surface area contributed by atoms with Crippen LogP contribution in [0.2, 0.25) is 0 Å². The Morgan fingerprint density at radius 2 is 2.50 bits per heavy atom. The number of rotatable bonds is 2. The molecule has 0 spiro atoms. The Kier molecular flexibility index (Phi) is 3.63. The number of hydrazine groups is 1. The molecule has 3 heteroatoms. The topological polar surface area (TPSA) is 41.1 Å². The molecule has 44 valence electrons. The first-order chi connectivity index (χ1) is 3.81. The Morgan fingerprint density at radius 3 is 2.88 bits per heavy atom. The molecule has 0 aromatic carbocycles. The van der Waals surface area contributed by atoms with E-state index in [9.17, 15) is 4.79 Å². The number of hydrogen-bond donors (Lipinski definition) is 2. The van der Waals surface area contributed by atoms with Crippen LogP contribution in [0, 0.1) is 12.3 Å². The molecule has 0 fully saturated rings. The first kappa shape index (κ1) is 6.99.